The van der Waals surface area contributed by atoms with E-state index >= 15 is 0 Å². The quantitative estimate of drug-likeness (QED) is 0.594. The molecular formula is C21H38N6O. The van der Waals surface area contributed by atoms with E-state index in [4.69, 9.17) is 4.52 Å². The fourth-order valence-electron chi connectivity index (χ4n) is 4.44. The molecule has 1 aliphatic heterocycles. The monoisotopic (exact) mass is 390 g/mol. The first kappa shape index (κ1) is 21.1. The molecular weight excluding hydrogens is 352 g/mol. The molecule has 0 radical (unpaired) electrons. The van der Waals surface area contributed by atoms with E-state index in [-0.39, 0.29) is 11.0 Å². The molecule has 2 aliphatic rings. The van der Waals surface area contributed by atoms with Crippen LogP contribution in [0.1, 0.15) is 83.9 Å². The lowest BCUT2D eigenvalue weighted by Crippen LogP contribution is -2.59. The van der Waals surface area contributed by atoms with Gasteiger partial charge in [-0.25, -0.2) is 0 Å². The summed E-state index contributed by atoms with van der Waals surface area (Å²) in [5.74, 6) is 2.14. The van der Waals surface area contributed by atoms with Crippen molar-refractivity contribution in [3.8, 4) is 0 Å². The van der Waals surface area contributed by atoms with E-state index in [9.17, 15) is 0 Å². The fourth-order valence-corrected chi connectivity index (χ4v) is 4.44. The summed E-state index contributed by atoms with van der Waals surface area (Å²) in [7, 11) is 1.82. The number of hydrogen-bond acceptors (Lipinski definition) is 5. The Labute approximate surface area is 169 Å². The van der Waals surface area contributed by atoms with Crippen LogP contribution in [-0.4, -0.2) is 53.2 Å². The number of aliphatic imine (C=N–C) groups is 1. The maximum Gasteiger partial charge on any atom is 0.232 e. The highest BCUT2D eigenvalue weighted by Gasteiger charge is 2.38. The highest BCUT2D eigenvalue weighted by atomic mass is 16.5. The minimum absolute atomic E-state index is 0.132. The predicted molar refractivity (Wildman–Crippen MR) is 112 cm³/mol. The number of nitrogens with one attached hydrogen (secondary N) is 2. The molecule has 0 atom stereocenters. The summed E-state index contributed by atoms with van der Waals surface area (Å²) in [5.41, 5.74) is 0.148. The third-order valence-corrected chi connectivity index (χ3v) is 6.14. The molecule has 2 fully saturated rings. The van der Waals surface area contributed by atoms with Crippen LogP contribution >= 0.6 is 0 Å². The number of guanidine groups is 1. The van der Waals surface area contributed by atoms with Gasteiger partial charge in [0.15, 0.2) is 11.8 Å². The molecule has 158 valence electrons. The first-order chi connectivity index (χ1) is 13.4. The zero-order valence-corrected chi connectivity index (χ0v) is 18.2. The maximum atomic E-state index is 5.38. The molecule has 2 N–H and O–H groups in total. The van der Waals surface area contributed by atoms with Crippen molar-refractivity contribution in [2.45, 2.75) is 89.6 Å². The van der Waals surface area contributed by atoms with E-state index < -0.39 is 0 Å². The molecule has 28 heavy (non-hydrogen) atoms. The lowest BCUT2D eigenvalue weighted by atomic mass is 9.79. The van der Waals surface area contributed by atoms with Crippen LogP contribution in [0.3, 0.4) is 0 Å². The van der Waals surface area contributed by atoms with Crippen molar-refractivity contribution in [2.24, 2.45) is 4.99 Å². The Morgan fingerprint density at radius 2 is 1.75 bits per heavy atom. The SMILES string of the molecule is CN=C(NCc1noc(C(C)(C)C)n1)NCC1(N2CCCCC2)CCCCC1. The molecule has 1 saturated carbocycles. The van der Waals surface area contributed by atoms with Gasteiger partial charge in [0.05, 0.1) is 6.54 Å². The van der Waals surface area contributed by atoms with E-state index in [1.165, 1.54) is 64.5 Å². The Kier molecular flexibility index (Phi) is 6.96. The van der Waals surface area contributed by atoms with E-state index in [1.807, 2.05) is 7.05 Å². The van der Waals surface area contributed by atoms with Crippen LogP contribution in [0, 0.1) is 0 Å². The van der Waals surface area contributed by atoms with Crippen LogP contribution in [0.4, 0.5) is 0 Å². The van der Waals surface area contributed by atoms with Gasteiger partial charge in [-0.1, -0.05) is 51.6 Å². The third kappa shape index (κ3) is 5.25. The van der Waals surface area contributed by atoms with E-state index in [2.05, 4.69) is 51.4 Å². The second-order valence-corrected chi connectivity index (χ2v) is 9.38. The number of nitrogens with zero attached hydrogens (tertiary/aromatic N) is 4. The second kappa shape index (κ2) is 9.25. The van der Waals surface area contributed by atoms with Gasteiger partial charge >= 0.3 is 0 Å². The van der Waals surface area contributed by atoms with E-state index in [0.29, 0.717) is 18.3 Å². The van der Waals surface area contributed by atoms with Crippen molar-refractivity contribution >= 4 is 5.96 Å². The van der Waals surface area contributed by atoms with Gasteiger partial charge in [0, 0.05) is 24.5 Å². The van der Waals surface area contributed by atoms with Gasteiger partial charge in [-0.3, -0.25) is 9.89 Å². The van der Waals surface area contributed by atoms with E-state index in [1.54, 1.807) is 0 Å². The first-order valence-electron chi connectivity index (χ1n) is 11.0. The predicted octanol–water partition coefficient (Wildman–Crippen LogP) is 3.22. The Balaban J connectivity index is 1.56. The minimum Gasteiger partial charge on any atom is -0.355 e. The summed E-state index contributed by atoms with van der Waals surface area (Å²) >= 11 is 0. The smallest absolute Gasteiger partial charge is 0.232 e. The zero-order chi connectivity index (χ0) is 20.0. The number of piperidine rings is 1. The third-order valence-electron chi connectivity index (χ3n) is 6.14. The van der Waals surface area contributed by atoms with Crippen molar-refractivity contribution in [1.29, 1.82) is 0 Å². The van der Waals surface area contributed by atoms with Crippen LogP contribution in [0.15, 0.2) is 9.52 Å². The molecule has 7 nitrogen and oxygen atoms in total. The van der Waals surface area contributed by atoms with Gasteiger partial charge in [-0.2, -0.15) is 4.98 Å². The molecule has 0 aromatic carbocycles. The highest BCUT2D eigenvalue weighted by molar-refractivity contribution is 5.79. The summed E-state index contributed by atoms with van der Waals surface area (Å²) in [5, 5.41) is 11.0. The van der Waals surface area contributed by atoms with Crippen LogP contribution in [0.5, 0.6) is 0 Å². The Hall–Kier alpha value is -1.63. The number of rotatable bonds is 5. The molecule has 0 bridgehead atoms. The van der Waals surface area contributed by atoms with Crippen molar-refractivity contribution in [3.05, 3.63) is 11.7 Å². The standard InChI is InChI=1S/C21H38N6O/c1-20(2,3)18-25-17(26-28-18)15-23-19(22-4)24-16-21(11-7-5-8-12-21)27-13-9-6-10-14-27/h5-16H2,1-4H3,(H2,22,23,24). The van der Waals surface area contributed by atoms with Crippen LogP contribution in [0.25, 0.3) is 0 Å². The maximum absolute atomic E-state index is 5.38. The second-order valence-electron chi connectivity index (χ2n) is 9.38. The number of hydrogen-bond donors (Lipinski definition) is 2. The number of aromatic nitrogens is 2. The molecule has 2 heterocycles. The highest BCUT2D eigenvalue weighted by Crippen LogP contribution is 2.35. The molecule has 1 aromatic heterocycles. The minimum atomic E-state index is -0.132. The van der Waals surface area contributed by atoms with Gasteiger partial charge in [0.2, 0.25) is 5.89 Å². The van der Waals surface area contributed by atoms with Gasteiger partial charge < -0.3 is 15.2 Å². The summed E-state index contributed by atoms with van der Waals surface area (Å²) < 4.78 is 5.38. The Morgan fingerprint density at radius 1 is 1.07 bits per heavy atom. The molecule has 0 spiro atoms. The summed E-state index contributed by atoms with van der Waals surface area (Å²) in [6.07, 6.45) is 10.7. The first-order valence-corrected chi connectivity index (χ1v) is 11.0. The van der Waals surface area contributed by atoms with Crippen LogP contribution in [-0.2, 0) is 12.0 Å². The molecule has 1 aromatic rings. The average Bonchev–Trinajstić information content (AvgIpc) is 3.19. The lowest BCUT2D eigenvalue weighted by molar-refractivity contribution is 0.0368. The molecule has 7 heteroatoms. The molecule has 1 saturated heterocycles. The largest absolute Gasteiger partial charge is 0.355 e. The average molecular weight is 391 g/mol. The normalized spacial score (nSPS) is 21.5. The summed E-state index contributed by atoms with van der Waals surface area (Å²) in [6, 6.07) is 0. The van der Waals surface area contributed by atoms with Gasteiger partial charge in [0.1, 0.15) is 0 Å². The van der Waals surface area contributed by atoms with Crippen molar-refractivity contribution in [1.82, 2.24) is 25.7 Å². The van der Waals surface area contributed by atoms with Crippen LogP contribution in [0.2, 0.25) is 0 Å². The van der Waals surface area contributed by atoms with Gasteiger partial charge in [0.25, 0.3) is 0 Å². The summed E-state index contributed by atoms with van der Waals surface area (Å²) in [6.45, 7) is 10.2. The Morgan fingerprint density at radius 3 is 2.36 bits per heavy atom. The molecule has 3 rings (SSSR count). The molecule has 0 amide bonds. The van der Waals surface area contributed by atoms with Crippen molar-refractivity contribution < 1.29 is 4.52 Å². The van der Waals surface area contributed by atoms with Crippen LogP contribution < -0.4 is 10.6 Å². The summed E-state index contributed by atoms with van der Waals surface area (Å²) in [4.78, 5) is 11.7. The topological polar surface area (TPSA) is 78.6 Å². The van der Waals surface area contributed by atoms with E-state index in [0.717, 1.165) is 12.5 Å². The fraction of sp³-hybridized carbons (Fsp3) is 0.857. The van der Waals surface area contributed by atoms with Gasteiger partial charge in [-0.15, -0.1) is 0 Å². The van der Waals surface area contributed by atoms with Gasteiger partial charge in [-0.05, 0) is 38.8 Å². The zero-order valence-electron chi connectivity index (χ0n) is 18.2. The van der Waals surface area contributed by atoms with Crippen molar-refractivity contribution in [3.63, 3.8) is 0 Å². The van der Waals surface area contributed by atoms with Crippen molar-refractivity contribution in [2.75, 3.05) is 26.7 Å². The molecule has 0 unspecified atom stereocenters. The number of likely N-dealkylation sites (tertiary alicyclic amines) is 1. The lowest BCUT2D eigenvalue weighted by Gasteiger charge is -2.48. The molecule has 1 aliphatic carbocycles. The Bertz CT molecular complexity index is 636.